The van der Waals surface area contributed by atoms with Crippen molar-refractivity contribution in [3.05, 3.63) is 0 Å². The number of nitrogens with one attached hydrogen (secondary N) is 2. The molecule has 0 bridgehead atoms. The van der Waals surface area contributed by atoms with E-state index in [1.54, 1.807) is 0 Å². The van der Waals surface area contributed by atoms with Crippen LogP contribution in [0.15, 0.2) is 0 Å². The maximum atomic E-state index is 12.3. The maximum absolute atomic E-state index is 12.3. The fourth-order valence-corrected chi connectivity index (χ4v) is 3.21. The number of rotatable bonds is 4. The van der Waals surface area contributed by atoms with Crippen LogP contribution in [0, 0.1) is 5.92 Å². The van der Waals surface area contributed by atoms with Crippen LogP contribution in [0.3, 0.4) is 0 Å². The van der Waals surface area contributed by atoms with Gasteiger partial charge >= 0.3 is 0 Å². The smallest absolute Gasteiger partial charge is 0.249 e. The lowest BCUT2D eigenvalue weighted by atomic mass is 9.94. The van der Waals surface area contributed by atoms with E-state index in [4.69, 9.17) is 4.74 Å². The molecular weight excluding hydrogens is 288 g/mol. The molecule has 2 rings (SSSR count). The van der Waals surface area contributed by atoms with Gasteiger partial charge in [-0.05, 0) is 38.6 Å². The average Bonchev–Trinajstić information content (AvgIpc) is 2.70. The molecule has 0 aromatic carbocycles. The molecule has 0 spiro atoms. The van der Waals surface area contributed by atoms with Gasteiger partial charge in [0.15, 0.2) is 0 Å². The second-order valence-electron chi connectivity index (χ2n) is 6.48. The zero-order chi connectivity index (χ0) is 14.4. The van der Waals surface area contributed by atoms with Gasteiger partial charge < -0.3 is 15.4 Å². The van der Waals surface area contributed by atoms with Crippen molar-refractivity contribution in [3.8, 4) is 0 Å². The third kappa shape index (κ3) is 6.13. The first-order valence-electron chi connectivity index (χ1n) is 8.33. The number of halogens is 1. The number of ether oxygens (including phenoxy) is 1. The van der Waals surface area contributed by atoms with Gasteiger partial charge in [0, 0.05) is 12.6 Å². The molecule has 0 radical (unpaired) electrons. The van der Waals surface area contributed by atoms with Crippen LogP contribution in [-0.2, 0) is 9.53 Å². The Morgan fingerprint density at radius 2 is 1.86 bits per heavy atom. The van der Waals surface area contributed by atoms with Gasteiger partial charge in [0.25, 0.3) is 0 Å². The van der Waals surface area contributed by atoms with Crippen molar-refractivity contribution in [3.63, 3.8) is 0 Å². The zero-order valence-corrected chi connectivity index (χ0v) is 14.2. The third-order valence-corrected chi connectivity index (χ3v) is 4.72. The third-order valence-electron chi connectivity index (χ3n) is 4.72. The van der Waals surface area contributed by atoms with E-state index in [1.165, 1.54) is 25.7 Å². The van der Waals surface area contributed by atoms with Crippen molar-refractivity contribution in [2.24, 2.45) is 5.92 Å². The molecular formula is C16H31ClN2O2. The van der Waals surface area contributed by atoms with Gasteiger partial charge in [0.1, 0.15) is 6.10 Å². The first-order valence-corrected chi connectivity index (χ1v) is 8.33. The van der Waals surface area contributed by atoms with Gasteiger partial charge in [-0.3, -0.25) is 4.79 Å². The minimum atomic E-state index is -0.327. The molecule has 1 saturated heterocycles. The summed E-state index contributed by atoms with van der Waals surface area (Å²) in [5.41, 5.74) is 0. The Hall–Kier alpha value is -0.320. The zero-order valence-electron chi connectivity index (χ0n) is 13.4. The van der Waals surface area contributed by atoms with E-state index in [-0.39, 0.29) is 36.6 Å². The van der Waals surface area contributed by atoms with E-state index >= 15 is 0 Å². The van der Waals surface area contributed by atoms with E-state index in [0.29, 0.717) is 5.92 Å². The summed E-state index contributed by atoms with van der Waals surface area (Å²) < 4.78 is 5.98. The SMILES string of the molecule is CC(OC1CCCCCC1)C(=O)NC1CNCCC1C.Cl. The molecule has 2 fully saturated rings. The molecule has 1 aliphatic carbocycles. The van der Waals surface area contributed by atoms with Gasteiger partial charge in [-0.1, -0.05) is 32.6 Å². The summed E-state index contributed by atoms with van der Waals surface area (Å²) in [6, 6.07) is 0.247. The predicted octanol–water partition coefficient (Wildman–Crippen LogP) is 2.65. The van der Waals surface area contributed by atoms with E-state index < -0.39 is 0 Å². The van der Waals surface area contributed by atoms with Crippen LogP contribution in [0.4, 0.5) is 0 Å². The van der Waals surface area contributed by atoms with Gasteiger partial charge in [-0.25, -0.2) is 0 Å². The second-order valence-corrected chi connectivity index (χ2v) is 6.48. The Morgan fingerprint density at radius 3 is 2.48 bits per heavy atom. The number of carbonyl (C=O) groups excluding carboxylic acids is 1. The van der Waals surface area contributed by atoms with E-state index in [1.807, 2.05) is 6.92 Å². The lowest BCUT2D eigenvalue weighted by Crippen LogP contribution is -2.52. The van der Waals surface area contributed by atoms with Crippen LogP contribution in [0.25, 0.3) is 0 Å². The number of hydrogen-bond donors (Lipinski definition) is 2. The molecule has 1 heterocycles. The number of carbonyl (C=O) groups is 1. The Labute approximate surface area is 135 Å². The molecule has 4 nitrogen and oxygen atoms in total. The largest absolute Gasteiger partial charge is 0.365 e. The van der Waals surface area contributed by atoms with Crippen LogP contribution >= 0.6 is 12.4 Å². The molecule has 0 aromatic rings. The van der Waals surface area contributed by atoms with E-state index in [9.17, 15) is 4.79 Å². The summed E-state index contributed by atoms with van der Waals surface area (Å²) in [5, 5.41) is 6.49. The lowest BCUT2D eigenvalue weighted by molar-refractivity contribution is -0.137. The van der Waals surface area contributed by atoms with Crippen molar-refractivity contribution in [2.45, 2.75) is 77.0 Å². The first-order chi connectivity index (χ1) is 9.66. The molecule has 0 aromatic heterocycles. The first kappa shape index (κ1) is 18.7. The summed E-state index contributed by atoms with van der Waals surface area (Å²) in [5.74, 6) is 0.597. The summed E-state index contributed by atoms with van der Waals surface area (Å²) in [6.45, 7) is 6.04. The second kappa shape index (κ2) is 9.65. The molecule has 3 unspecified atom stereocenters. The van der Waals surface area contributed by atoms with Gasteiger partial charge in [-0.2, -0.15) is 0 Å². The normalized spacial score (nSPS) is 29.0. The molecule has 1 saturated carbocycles. The Bertz CT molecular complexity index is 307. The molecule has 3 atom stereocenters. The van der Waals surface area contributed by atoms with Crippen molar-refractivity contribution < 1.29 is 9.53 Å². The maximum Gasteiger partial charge on any atom is 0.249 e. The van der Waals surface area contributed by atoms with Crippen LogP contribution in [0.5, 0.6) is 0 Å². The van der Waals surface area contributed by atoms with Crippen molar-refractivity contribution >= 4 is 18.3 Å². The molecule has 1 aliphatic heterocycles. The Morgan fingerprint density at radius 1 is 1.19 bits per heavy atom. The van der Waals surface area contributed by atoms with Gasteiger partial charge in [0.2, 0.25) is 5.91 Å². The fourth-order valence-electron chi connectivity index (χ4n) is 3.21. The van der Waals surface area contributed by atoms with Crippen molar-refractivity contribution in [1.82, 2.24) is 10.6 Å². The number of amides is 1. The molecule has 2 N–H and O–H groups in total. The molecule has 21 heavy (non-hydrogen) atoms. The lowest BCUT2D eigenvalue weighted by Gasteiger charge is -2.31. The predicted molar refractivity (Wildman–Crippen MR) is 87.9 cm³/mol. The summed E-state index contributed by atoms with van der Waals surface area (Å²) in [7, 11) is 0. The number of piperidine rings is 1. The highest BCUT2D eigenvalue weighted by atomic mass is 35.5. The minimum Gasteiger partial charge on any atom is -0.365 e. The average molecular weight is 319 g/mol. The molecule has 1 amide bonds. The summed E-state index contributed by atoms with van der Waals surface area (Å²) >= 11 is 0. The van der Waals surface area contributed by atoms with Crippen LogP contribution in [0.2, 0.25) is 0 Å². The highest BCUT2D eigenvalue weighted by molar-refractivity contribution is 5.85. The molecule has 5 heteroatoms. The summed E-state index contributed by atoms with van der Waals surface area (Å²) in [4.78, 5) is 12.3. The topological polar surface area (TPSA) is 50.4 Å². The minimum absolute atomic E-state index is 0. The Balaban J connectivity index is 0.00000220. The van der Waals surface area contributed by atoms with Crippen molar-refractivity contribution in [2.75, 3.05) is 13.1 Å². The van der Waals surface area contributed by atoms with Gasteiger partial charge in [0.05, 0.1) is 6.10 Å². The highest BCUT2D eigenvalue weighted by Crippen LogP contribution is 2.21. The highest BCUT2D eigenvalue weighted by Gasteiger charge is 2.26. The fraction of sp³-hybridized carbons (Fsp3) is 0.938. The monoisotopic (exact) mass is 318 g/mol. The van der Waals surface area contributed by atoms with E-state index in [0.717, 1.165) is 32.4 Å². The van der Waals surface area contributed by atoms with E-state index in [2.05, 4.69) is 17.6 Å². The summed E-state index contributed by atoms with van der Waals surface area (Å²) in [6.07, 6.45) is 8.40. The van der Waals surface area contributed by atoms with Crippen LogP contribution in [-0.4, -0.2) is 37.2 Å². The quantitative estimate of drug-likeness (QED) is 0.784. The van der Waals surface area contributed by atoms with Crippen LogP contribution < -0.4 is 10.6 Å². The van der Waals surface area contributed by atoms with Crippen LogP contribution in [0.1, 0.15) is 58.8 Å². The molecule has 2 aliphatic rings. The standard InChI is InChI=1S/C16H30N2O2.ClH/c1-12-9-10-17-11-15(12)18-16(19)13(2)20-14-7-5-3-4-6-8-14;/h12-15,17H,3-11H2,1-2H3,(H,18,19);1H. The van der Waals surface area contributed by atoms with Crippen molar-refractivity contribution in [1.29, 1.82) is 0 Å². The molecule has 124 valence electrons. The number of hydrogen-bond acceptors (Lipinski definition) is 3. The van der Waals surface area contributed by atoms with Gasteiger partial charge in [-0.15, -0.1) is 12.4 Å². The Kier molecular flexibility index (Phi) is 8.60.